The summed E-state index contributed by atoms with van der Waals surface area (Å²) in [4.78, 5) is 13.0. The fourth-order valence-electron chi connectivity index (χ4n) is 2.81. The molecule has 2 heterocycles. The summed E-state index contributed by atoms with van der Waals surface area (Å²) in [6.07, 6.45) is 0.657. The maximum absolute atomic E-state index is 13.5. The molecule has 1 N–H and O–H groups in total. The van der Waals surface area contributed by atoms with Crippen LogP contribution in [0.2, 0.25) is 0 Å². The van der Waals surface area contributed by atoms with E-state index in [0.29, 0.717) is 24.2 Å². The molecule has 1 aromatic carbocycles. The number of nitrogens with zero attached hydrogens (tertiary/aromatic N) is 3. The summed E-state index contributed by atoms with van der Waals surface area (Å²) < 4.78 is 28.3. The van der Waals surface area contributed by atoms with Gasteiger partial charge in [0.15, 0.2) is 0 Å². The first-order chi connectivity index (χ1) is 10.4. The molecule has 0 saturated heterocycles. The zero-order chi connectivity index (χ0) is 15.9. The molecule has 0 aliphatic carbocycles. The molecule has 0 unspecified atom stereocenters. The normalized spacial score (nSPS) is 14.9. The smallest absolute Gasteiger partial charge is 0.325 e. The molecule has 0 radical (unpaired) electrons. The summed E-state index contributed by atoms with van der Waals surface area (Å²) in [5.41, 5.74) is 2.43. The SMILES string of the molecule is CN1CCc2c(c(-c3cc(F)cc(F)c3)nn2CC(=O)O)C1. The lowest BCUT2D eigenvalue weighted by molar-refractivity contribution is -0.137. The number of likely N-dealkylation sites (N-methyl/N-ethyl adjacent to an activating group) is 1. The molecule has 0 atom stereocenters. The number of carbonyl (C=O) groups is 1. The van der Waals surface area contributed by atoms with Crippen LogP contribution < -0.4 is 0 Å². The van der Waals surface area contributed by atoms with Crippen molar-refractivity contribution in [3.63, 3.8) is 0 Å². The van der Waals surface area contributed by atoms with Crippen molar-refractivity contribution in [1.29, 1.82) is 0 Å². The van der Waals surface area contributed by atoms with Crippen LogP contribution in [0.5, 0.6) is 0 Å². The zero-order valence-corrected chi connectivity index (χ0v) is 12.0. The Morgan fingerprint density at radius 3 is 2.64 bits per heavy atom. The molecule has 1 aliphatic rings. The summed E-state index contributed by atoms with van der Waals surface area (Å²) in [5.74, 6) is -2.36. The number of carboxylic acids is 1. The van der Waals surface area contributed by atoms with Crippen molar-refractivity contribution in [2.24, 2.45) is 0 Å². The Morgan fingerprint density at radius 1 is 1.32 bits per heavy atom. The fraction of sp³-hybridized carbons (Fsp3) is 0.333. The minimum absolute atomic E-state index is 0.260. The van der Waals surface area contributed by atoms with E-state index in [1.165, 1.54) is 16.8 Å². The molecular weight excluding hydrogens is 292 g/mol. The van der Waals surface area contributed by atoms with Gasteiger partial charge in [0.1, 0.15) is 18.2 Å². The van der Waals surface area contributed by atoms with Crippen molar-refractivity contribution in [3.05, 3.63) is 41.1 Å². The lowest BCUT2D eigenvalue weighted by Crippen LogP contribution is -2.28. The second-order valence-corrected chi connectivity index (χ2v) is 5.47. The summed E-state index contributed by atoms with van der Waals surface area (Å²) >= 11 is 0. The largest absolute Gasteiger partial charge is 0.480 e. The third-order valence-electron chi connectivity index (χ3n) is 3.75. The standard InChI is InChI=1S/C15H15F2N3O2/c1-19-3-2-13-12(7-19)15(18-20(13)8-14(21)22)9-4-10(16)6-11(17)5-9/h4-6H,2-3,7-8H2,1H3,(H,21,22). The minimum atomic E-state index is -0.999. The van der Waals surface area contributed by atoms with E-state index in [-0.39, 0.29) is 6.54 Å². The highest BCUT2D eigenvalue weighted by Crippen LogP contribution is 2.30. The van der Waals surface area contributed by atoms with Gasteiger partial charge < -0.3 is 10.0 Å². The van der Waals surface area contributed by atoms with E-state index >= 15 is 0 Å². The molecule has 5 nitrogen and oxygen atoms in total. The number of halogens is 2. The molecule has 2 aromatic rings. The number of rotatable bonds is 3. The fourth-order valence-corrected chi connectivity index (χ4v) is 2.81. The quantitative estimate of drug-likeness (QED) is 0.941. The van der Waals surface area contributed by atoms with Crippen LogP contribution in [0.15, 0.2) is 18.2 Å². The Labute approximate surface area is 125 Å². The van der Waals surface area contributed by atoms with E-state index in [1.54, 1.807) is 0 Å². The number of aliphatic carboxylic acids is 1. The average molecular weight is 307 g/mol. The van der Waals surface area contributed by atoms with Gasteiger partial charge in [-0.1, -0.05) is 0 Å². The van der Waals surface area contributed by atoms with Gasteiger partial charge in [-0.3, -0.25) is 9.48 Å². The first-order valence-corrected chi connectivity index (χ1v) is 6.89. The molecule has 0 saturated carbocycles. The molecule has 22 heavy (non-hydrogen) atoms. The van der Waals surface area contributed by atoms with Gasteiger partial charge in [0, 0.05) is 42.4 Å². The Bertz CT molecular complexity index is 722. The Kier molecular flexibility index (Phi) is 3.66. The van der Waals surface area contributed by atoms with Crippen molar-refractivity contribution in [1.82, 2.24) is 14.7 Å². The maximum atomic E-state index is 13.5. The number of fused-ring (bicyclic) bond motifs is 1. The first kappa shape index (κ1) is 14.6. The molecule has 0 bridgehead atoms. The van der Waals surface area contributed by atoms with Crippen LogP contribution in [0.1, 0.15) is 11.3 Å². The summed E-state index contributed by atoms with van der Waals surface area (Å²) in [6, 6.07) is 3.23. The summed E-state index contributed by atoms with van der Waals surface area (Å²) in [5, 5.41) is 13.3. The van der Waals surface area contributed by atoms with Gasteiger partial charge in [-0.25, -0.2) is 8.78 Å². The Morgan fingerprint density at radius 2 is 2.00 bits per heavy atom. The van der Waals surface area contributed by atoms with Gasteiger partial charge in [0.25, 0.3) is 0 Å². The van der Waals surface area contributed by atoms with E-state index in [2.05, 4.69) is 10.00 Å². The average Bonchev–Trinajstić information content (AvgIpc) is 2.75. The van der Waals surface area contributed by atoms with Crippen LogP contribution >= 0.6 is 0 Å². The number of carboxylic acid groups (broad SMARTS) is 1. The van der Waals surface area contributed by atoms with E-state index in [4.69, 9.17) is 5.11 Å². The van der Waals surface area contributed by atoms with Crippen LogP contribution in [-0.4, -0.2) is 39.3 Å². The monoisotopic (exact) mass is 307 g/mol. The van der Waals surface area contributed by atoms with Crippen molar-refractivity contribution in [3.8, 4) is 11.3 Å². The van der Waals surface area contributed by atoms with Gasteiger partial charge >= 0.3 is 5.97 Å². The highest BCUT2D eigenvalue weighted by atomic mass is 19.1. The summed E-state index contributed by atoms with van der Waals surface area (Å²) in [6.45, 7) is 1.10. The topological polar surface area (TPSA) is 58.4 Å². The molecule has 0 fully saturated rings. The summed E-state index contributed by atoms with van der Waals surface area (Å²) in [7, 11) is 1.94. The number of benzene rings is 1. The van der Waals surface area contributed by atoms with Gasteiger partial charge in [-0.15, -0.1) is 0 Å². The number of hydrogen-bond acceptors (Lipinski definition) is 3. The van der Waals surface area contributed by atoms with Crippen molar-refractivity contribution >= 4 is 5.97 Å². The van der Waals surface area contributed by atoms with Gasteiger partial charge in [-0.2, -0.15) is 5.10 Å². The first-order valence-electron chi connectivity index (χ1n) is 6.89. The number of aromatic nitrogens is 2. The van der Waals surface area contributed by atoms with Crippen LogP contribution in [0, 0.1) is 11.6 Å². The second-order valence-electron chi connectivity index (χ2n) is 5.47. The van der Waals surface area contributed by atoms with Gasteiger partial charge in [0.05, 0.1) is 5.69 Å². The minimum Gasteiger partial charge on any atom is -0.480 e. The van der Waals surface area contributed by atoms with E-state index in [1.807, 2.05) is 7.05 Å². The molecule has 3 rings (SSSR count). The molecule has 7 heteroatoms. The van der Waals surface area contributed by atoms with Crippen LogP contribution in [0.3, 0.4) is 0 Å². The van der Waals surface area contributed by atoms with E-state index < -0.39 is 17.6 Å². The predicted molar refractivity (Wildman–Crippen MR) is 75.3 cm³/mol. The van der Waals surface area contributed by atoms with E-state index in [9.17, 15) is 13.6 Å². The van der Waals surface area contributed by atoms with Crippen LogP contribution in [0.25, 0.3) is 11.3 Å². The van der Waals surface area contributed by atoms with Crippen LogP contribution in [0.4, 0.5) is 8.78 Å². The van der Waals surface area contributed by atoms with Crippen molar-refractivity contribution in [2.45, 2.75) is 19.5 Å². The Balaban J connectivity index is 2.14. The highest BCUT2D eigenvalue weighted by molar-refractivity contribution is 5.68. The molecule has 1 aliphatic heterocycles. The van der Waals surface area contributed by atoms with E-state index in [0.717, 1.165) is 23.9 Å². The lowest BCUT2D eigenvalue weighted by atomic mass is 10.0. The van der Waals surface area contributed by atoms with Crippen molar-refractivity contribution < 1.29 is 18.7 Å². The third-order valence-corrected chi connectivity index (χ3v) is 3.75. The lowest BCUT2D eigenvalue weighted by Gasteiger charge is -2.23. The Hall–Kier alpha value is -2.28. The highest BCUT2D eigenvalue weighted by Gasteiger charge is 2.25. The zero-order valence-electron chi connectivity index (χ0n) is 12.0. The third kappa shape index (κ3) is 2.71. The second kappa shape index (κ2) is 5.49. The molecule has 1 aromatic heterocycles. The van der Waals surface area contributed by atoms with Gasteiger partial charge in [0.2, 0.25) is 0 Å². The molecule has 0 spiro atoms. The van der Waals surface area contributed by atoms with Gasteiger partial charge in [-0.05, 0) is 19.2 Å². The maximum Gasteiger partial charge on any atom is 0.325 e. The van der Waals surface area contributed by atoms with Crippen LogP contribution in [-0.2, 0) is 24.3 Å². The van der Waals surface area contributed by atoms with Crippen molar-refractivity contribution in [2.75, 3.05) is 13.6 Å². The molecule has 116 valence electrons. The predicted octanol–water partition coefficient (Wildman–Crippen LogP) is 1.90. The molecular formula is C15H15F2N3O2. The number of hydrogen-bond donors (Lipinski definition) is 1. The molecule has 0 amide bonds.